The lowest BCUT2D eigenvalue weighted by Crippen LogP contribution is -2.30. The van der Waals surface area contributed by atoms with Crippen LogP contribution in [0.2, 0.25) is 0 Å². The van der Waals surface area contributed by atoms with Gasteiger partial charge in [0.15, 0.2) is 0 Å². The first-order valence-corrected chi connectivity index (χ1v) is 7.77. The molecule has 0 bridgehead atoms. The van der Waals surface area contributed by atoms with Gasteiger partial charge in [0.25, 0.3) is 10.0 Å². The lowest BCUT2D eigenvalue weighted by atomic mass is 10.5. The Kier molecular flexibility index (Phi) is 5.74. The minimum absolute atomic E-state index is 0.285. The van der Waals surface area contributed by atoms with Crippen molar-refractivity contribution in [2.24, 2.45) is 0 Å². The molecule has 1 aromatic rings. The van der Waals surface area contributed by atoms with Gasteiger partial charge in [-0.05, 0) is 19.2 Å². The summed E-state index contributed by atoms with van der Waals surface area (Å²) in [5, 5.41) is 3.00. The molecule has 1 heterocycles. The highest BCUT2D eigenvalue weighted by atomic mass is 32.2. The van der Waals surface area contributed by atoms with E-state index in [0.717, 1.165) is 4.88 Å². The van der Waals surface area contributed by atoms with Crippen LogP contribution in [0.15, 0.2) is 41.7 Å². The second-order valence-electron chi connectivity index (χ2n) is 3.65. The third kappa shape index (κ3) is 3.52. The molecule has 4 nitrogen and oxygen atoms in total. The largest absolute Gasteiger partial charge is 0.315 e. The lowest BCUT2D eigenvalue weighted by molar-refractivity contribution is 0.476. The van der Waals surface area contributed by atoms with Gasteiger partial charge in [0, 0.05) is 24.5 Å². The van der Waals surface area contributed by atoms with Gasteiger partial charge >= 0.3 is 0 Å². The van der Waals surface area contributed by atoms with E-state index in [-0.39, 0.29) is 13.1 Å². The van der Waals surface area contributed by atoms with E-state index in [1.54, 1.807) is 18.2 Å². The molecule has 18 heavy (non-hydrogen) atoms. The van der Waals surface area contributed by atoms with Crippen LogP contribution in [0.3, 0.4) is 0 Å². The van der Waals surface area contributed by atoms with E-state index < -0.39 is 10.0 Å². The summed E-state index contributed by atoms with van der Waals surface area (Å²) in [6.45, 7) is 8.40. The number of hydrogen-bond donors (Lipinski definition) is 1. The molecule has 6 heteroatoms. The van der Waals surface area contributed by atoms with Crippen molar-refractivity contribution in [2.75, 3.05) is 20.1 Å². The van der Waals surface area contributed by atoms with Crippen LogP contribution in [-0.2, 0) is 16.6 Å². The molecule has 0 aliphatic heterocycles. The Morgan fingerprint density at radius 1 is 1.33 bits per heavy atom. The van der Waals surface area contributed by atoms with E-state index in [1.807, 2.05) is 13.1 Å². The zero-order valence-electron chi connectivity index (χ0n) is 10.4. The Balaban J connectivity index is 3.01. The monoisotopic (exact) mass is 286 g/mol. The SMILES string of the molecule is C=CCN(CC=C)S(=O)(=O)c1ccc(CNC)s1. The van der Waals surface area contributed by atoms with E-state index in [9.17, 15) is 8.42 Å². The fourth-order valence-corrected chi connectivity index (χ4v) is 4.36. The molecule has 0 saturated carbocycles. The highest BCUT2D eigenvalue weighted by Crippen LogP contribution is 2.24. The van der Waals surface area contributed by atoms with Crippen molar-refractivity contribution in [2.45, 2.75) is 10.8 Å². The smallest absolute Gasteiger partial charge is 0.253 e. The minimum atomic E-state index is -3.44. The fraction of sp³-hybridized carbons (Fsp3) is 0.333. The zero-order chi connectivity index (χ0) is 13.6. The first-order valence-electron chi connectivity index (χ1n) is 5.51. The van der Waals surface area contributed by atoms with Gasteiger partial charge in [-0.1, -0.05) is 12.2 Å². The molecule has 0 spiro atoms. The Labute approximate surface area is 113 Å². The van der Waals surface area contributed by atoms with Crippen molar-refractivity contribution in [3.63, 3.8) is 0 Å². The van der Waals surface area contributed by atoms with E-state index in [1.165, 1.54) is 15.6 Å². The predicted octanol–water partition coefficient (Wildman–Crippen LogP) is 1.83. The average Bonchev–Trinajstić information content (AvgIpc) is 2.78. The average molecular weight is 286 g/mol. The van der Waals surface area contributed by atoms with Gasteiger partial charge in [-0.3, -0.25) is 0 Å². The highest BCUT2D eigenvalue weighted by Gasteiger charge is 2.24. The Morgan fingerprint density at radius 3 is 2.44 bits per heavy atom. The molecular weight excluding hydrogens is 268 g/mol. The van der Waals surface area contributed by atoms with Gasteiger partial charge in [0.05, 0.1) is 0 Å². The van der Waals surface area contributed by atoms with Crippen LogP contribution >= 0.6 is 11.3 Å². The van der Waals surface area contributed by atoms with Gasteiger partial charge in [0.1, 0.15) is 4.21 Å². The third-order valence-electron chi connectivity index (χ3n) is 2.25. The summed E-state index contributed by atoms with van der Waals surface area (Å²) in [4.78, 5) is 0.994. The van der Waals surface area contributed by atoms with Crippen molar-refractivity contribution in [3.05, 3.63) is 42.3 Å². The van der Waals surface area contributed by atoms with Crippen molar-refractivity contribution in [1.29, 1.82) is 0 Å². The summed E-state index contributed by atoms with van der Waals surface area (Å²) in [5.41, 5.74) is 0. The quantitative estimate of drug-likeness (QED) is 0.742. The number of nitrogens with zero attached hydrogens (tertiary/aromatic N) is 1. The normalized spacial score (nSPS) is 11.7. The molecular formula is C12H18N2O2S2. The predicted molar refractivity (Wildman–Crippen MR) is 76.2 cm³/mol. The zero-order valence-corrected chi connectivity index (χ0v) is 12.1. The molecule has 0 saturated heterocycles. The molecule has 0 radical (unpaired) electrons. The summed E-state index contributed by atoms with van der Waals surface area (Å²) >= 11 is 1.28. The van der Waals surface area contributed by atoms with Crippen molar-refractivity contribution < 1.29 is 8.42 Å². The van der Waals surface area contributed by atoms with Crippen LogP contribution in [0.4, 0.5) is 0 Å². The molecule has 100 valence electrons. The molecule has 0 aliphatic carbocycles. The Bertz CT molecular complexity index is 496. The molecule has 1 rings (SSSR count). The second kappa shape index (κ2) is 6.84. The number of rotatable bonds is 8. The molecule has 0 atom stereocenters. The Hall–Kier alpha value is -0.950. The summed E-state index contributed by atoms with van der Waals surface area (Å²) < 4.78 is 26.4. The number of sulfonamides is 1. The standard InChI is InChI=1S/C12H18N2O2S2/c1-4-8-14(9-5-2)18(15,16)12-7-6-11(17-12)10-13-3/h4-7,13H,1-2,8-10H2,3H3. The van der Waals surface area contributed by atoms with Crippen LogP contribution < -0.4 is 5.32 Å². The number of thiophene rings is 1. The number of nitrogens with one attached hydrogen (secondary N) is 1. The van der Waals surface area contributed by atoms with Gasteiger partial charge < -0.3 is 5.32 Å². The molecule has 0 fully saturated rings. The maximum absolute atomic E-state index is 12.4. The highest BCUT2D eigenvalue weighted by molar-refractivity contribution is 7.91. The maximum atomic E-state index is 12.4. The van der Waals surface area contributed by atoms with E-state index in [4.69, 9.17) is 0 Å². The van der Waals surface area contributed by atoms with Gasteiger partial charge in [-0.2, -0.15) is 4.31 Å². The molecule has 1 N–H and O–H groups in total. The fourth-order valence-electron chi connectivity index (χ4n) is 1.45. The second-order valence-corrected chi connectivity index (χ2v) is 6.98. The van der Waals surface area contributed by atoms with Crippen LogP contribution in [0.1, 0.15) is 4.88 Å². The lowest BCUT2D eigenvalue weighted by Gasteiger charge is -2.17. The summed E-state index contributed by atoms with van der Waals surface area (Å²) in [7, 11) is -1.61. The first kappa shape index (κ1) is 15.1. The molecule has 0 unspecified atom stereocenters. The number of hydrogen-bond acceptors (Lipinski definition) is 4. The Morgan fingerprint density at radius 2 is 1.94 bits per heavy atom. The molecule has 0 aromatic carbocycles. The minimum Gasteiger partial charge on any atom is -0.315 e. The van der Waals surface area contributed by atoms with Crippen molar-refractivity contribution in [3.8, 4) is 0 Å². The van der Waals surface area contributed by atoms with E-state index in [0.29, 0.717) is 10.8 Å². The van der Waals surface area contributed by atoms with Gasteiger partial charge in [-0.15, -0.1) is 24.5 Å². The van der Waals surface area contributed by atoms with E-state index >= 15 is 0 Å². The molecule has 0 amide bonds. The summed E-state index contributed by atoms with van der Waals surface area (Å²) in [5.74, 6) is 0. The van der Waals surface area contributed by atoms with Crippen LogP contribution in [0.5, 0.6) is 0 Å². The summed E-state index contributed by atoms with van der Waals surface area (Å²) in [6, 6.07) is 3.47. The van der Waals surface area contributed by atoms with Gasteiger partial charge in [0.2, 0.25) is 0 Å². The summed E-state index contributed by atoms with van der Waals surface area (Å²) in [6.07, 6.45) is 3.15. The maximum Gasteiger partial charge on any atom is 0.253 e. The topological polar surface area (TPSA) is 49.4 Å². The van der Waals surface area contributed by atoms with E-state index in [2.05, 4.69) is 18.5 Å². The van der Waals surface area contributed by atoms with Crippen molar-refractivity contribution in [1.82, 2.24) is 9.62 Å². The molecule has 1 aromatic heterocycles. The molecule has 0 aliphatic rings. The van der Waals surface area contributed by atoms with Crippen LogP contribution in [-0.4, -0.2) is 32.9 Å². The van der Waals surface area contributed by atoms with Gasteiger partial charge in [-0.25, -0.2) is 8.42 Å². The first-order chi connectivity index (χ1) is 8.56. The third-order valence-corrected chi connectivity index (χ3v) is 5.63. The van der Waals surface area contributed by atoms with Crippen molar-refractivity contribution >= 4 is 21.4 Å². The van der Waals surface area contributed by atoms with Crippen LogP contribution in [0, 0.1) is 0 Å². The van der Waals surface area contributed by atoms with Crippen LogP contribution in [0.25, 0.3) is 0 Å².